The fourth-order valence-electron chi connectivity index (χ4n) is 2.88. The zero-order valence-corrected chi connectivity index (χ0v) is 17.8. The maximum Gasteiger partial charge on any atom is 0.343 e. The first-order valence-electron chi connectivity index (χ1n) is 9.55. The normalized spacial score (nSPS) is 10.6. The first-order chi connectivity index (χ1) is 15.4. The van der Waals surface area contributed by atoms with Crippen molar-refractivity contribution in [1.29, 1.82) is 0 Å². The van der Waals surface area contributed by atoms with Gasteiger partial charge in [0.25, 0.3) is 0 Å². The van der Waals surface area contributed by atoms with Crippen LogP contribution in [0.5, 0.6) is 23.0 Å². The van der Waals surface area contributed by atoms with Crippen LogP contribution in [0.2, 0.25) is 0 Å². The monoisotopic (exact) mass is 436 g/mol. The van der Waals surface area contributed by atoms with Crippen molar-refractivity contribution in [3.05, 3.63) is 89.2 Å². The Labute approximate surface area is 184 Å². The molecule has 0 saturated heterocycles. The zero-order chi connectivity index (χ0) is 23.1. The van der Waals surface area contributed by atoms with Gasteiger partial charge < -0.3 is 18.9 Å². The second kappa shape index (κ2) is 10.3. The molecule has 0 radical (unpaired) electrons. The smallest absolute Gasteiger partial charge is 0.343 e. The van der Waals surface area contributed by atoms with Gasteiger partial charge in [0.15, 0.2) is 17.3 Å². The van der Waals surface area contributed by atoms with Crippen molar-refractivity contribution >= 4 is 17.8 Å². The molecule has 0 aliphatic rings. The summed E-state index contributed by atoms with van der Waals surface area (Å²) in [6.45, 7) is 0. The molecular formula is C25H21FO6. The number of methoxy groups -OCH3 is 3. The molecule has 6 nitrogen and oxygen atoms in total. The molecule has 3 rings (SSSR count). The van der Waals surface area contributed by atoms with Crippen LogP contribution in [0.15, 0.2) is 66.7 Å². The van der Waals surface area contributed by atoms with E-state index in [0.717, 1.165) is 17.7 Å². The molecule has 0 saturated carbocycles. The number of carbonyl (C=O) groups excluding carboxylic acids is 2. The number of ketones is 1. The minimum Gasteiger partial charge on any atom is -0.497 e. The number of esters is 1. The summed E-state index contributed by atoms with van der Waals surface area (Å²) in [6, 6.07) is 14.7. The number of halogens is 1. The molecule has 0 spiro atoms. The van der Waals surface area contributed by atoms with Crippen LogP contribution in [-0.2, 0) is 0 Å². The topological polar surface area (TPSA) is 71.1 Å². The Morgan fingerprint density at radius 2 is 1.50 bits per heavy atom. The van der Waals surface area contributed by atoms with E-state index in [2.05, 4.69) is 0 Å². The van der Waals surface area contributed by atoms with Gasteiger partial charge in [-0.2, -0.15) is 0 Å². The highest BCUT2D eigenvalue weighted by Crippen LogP contribution is 2.29. The number of carbonyl (C=O) groups is 2. The molecule has 0 heterocycles. The molecule has 0 aromatic heterocycles. The molecule has 0 aliphatic heterocycles. The summed E-state index contributed by atoms with van der Waals surface area (Å²) in [4.78, 5) is 25.3. The van der Waals surface area contributed by atoms with E-state index in [1.54, 1.807) is 30.3 Å². The number of ether oxygens (including phenoxy) is 4. The zero-order valence-electron chi connectivity index (χ0n) is 17.8. The highest BCUT2D eigenvalue weighted by molar-refractivity contribution is 6.09. The third-order valence-electron chi connectivity index (χ3n) is 4.57. The maximum atomic E-state index is 13.1. The van der Waals surface area contributed by atoms with Crippen LogP contribution in [0.3, 0.4) is 0 Å². The average molecular weight is 436 g/mol. The van der Waals surface area contributed by atoms with Gasteiger partial charge in [-0.1, -0.05) is 12.1 Å². The van der Waals surface area contributed by atoms with Crippen molar-refractivity contribution in [3.63, 3.8) is 0 Å². The third-order valence-corrected chi connectivity index (χ3v) is 4.57. The number of rotatable bonds is 8. The maximum absolute atomic E-state index is 13.1. The van der Waals surface area contributed by atoms with Crippen LogP contribution >= 0.6 is 0 Å². The van der Waals surface area contributed by atoms with Crippen molar-refractivity contribution < 1.29 is 32.9 Å². The lowest BCUT2D eigenvalue weighted by atomic mass is 10.1. The molecule has 32 heavy (non-hydrogen) atoms. The van der Waals surface area contributed by atoms with Crippen molar-refractivity contribution in [2.45, 2.75) is 0 Å². The molecule has 0 bridgehead atoms. The summed E-state index contributed by atoms with van der Waals surface area (Å²) < 4.78 is 34.2. The molecule has 7 heteroatoms. The van der Waals surface area contributed by atoms with Gasteiger partial charge in [-0.15, -0.1) is 0 Å². The predicted octanol–water partition coefficient (Wildman–Crippen LogP) is 4.97. The number of benzene rings is 3. The predicted molar refractivity (Wildman–Crippen MR) is 117 cm³/mol. The van der Waals surface area contributed by atoms with E-state index in [0.29, 0.717) is 17.2 Å². The van der Waals surface area contributed by atoms with E-state index < -0.39 is 11.8 Å². The Morgan fingerprint density at radius 1 is 0.781 bits per heavy atom. The first kappa shape index (κ1) is 22.6. The molecule has 0 atom stereocenters. The van der Waals surface area contributed by atoms with Gasteiger partial charge in [-0.25, -0.2) is 9.18 Å². The second-order valence-electron chi connectivity index (χ2n) is 6.57. The Bertz CT molecular complexity index is 1150. The number of hydrogen-bond donors (Lipinski definition) is 0. The quantitative estimate of drug-likeness (QED) is 0.215. The molecule has 164 valence electrons. The van der Waals surface area contributed by atoms with Gasteiger partial charge in [-0.05, 0) is 60.2 Å². The van der Waals surface area contributed by atoms with Gasteiger partial charge in [0.2, 0.25) is 0 Å². The van der Waals surface area contributed by atoms with Gasteiger partial charge in [-0.3, -0.25) is 4.79 Å². The van der Waals surface area contributed by atoms with Gasteiger partial charge in [0, 0.05) is 6.07 Å². The molecule has 0 aliphatic carbocycles. The Kier molecular flexibility index (Phi) is 7.23. The van der Waals surface area contributed by atoms with E-state index in [4.69, 9.17) is 18.9 Å². The van der Waals surface area contributed by atoms with Gasteiger partial charge in [0.05, 0.1) is 32.5 Å². The summed E-state index contributed by atoms with van der Waals surface area (Å²) in [5.74, 6) is -0.0471. The Balaban J connectivity index is 1.86. The van der Waals surface area contributed by atoms with Crippen molar-refractivity contribution in [1.82, 2.24) is 0 Å². The number of allylic oxidation sites excluding steroid dienone is 1. The second-order valence-corrected chi connectivity index (χ2v) is 6.57. The van der Waals surface area contributed by atoms with Gasteiger partial charge >= 0.3 is 5.97 Å². The molecular weight excluding hydrogens is 415 g/mol. The van der Waals surface area contributed by atoms with Crippen LogP contribution in [0.1, 0.15) is 26.3 Å². The lowest BCUT2D eigenvalue weighted by molar-refractivity contribution is 0.0732. The summed E-state index contributed by atoms with van der Waals surface area (Å²) >= 11 is 0. The lowest BCUT2D eigenvalue weighted by Crippen LogP contribution is -2.11. The Morgan fingerprint density at radius 3 is 2.16 bits per heavy atom. The first-order valence-corrected chi connectivity index (χ1v) is 9.55. The highest BCUT2D eigenvalue weighted by Gasteiger charge is 2.17. The highest BCUT2D eigenvalue weighted by atomic mass is 19.1. The van der Waals surface area contributed by atoms with E-state index in [-0.39, 0.29) is 22.7 Å². The van der Waals surface area contributed by atoms with E-state index in [1.165, 1.54) is 51.7 Å². The SMILES string of the molecule is COc1ccc(C(=O)/C=C/c2ccc(OC)c(OC)c2)c(OC(=O)c2ccc(F)cc2)c1. The van der Waals surface area contributed by atoms with Crippen molar-refractivity contribution in [3.8, 4) is 23.0 Å². The summed E-state index contributed by atoms with van der Waals surface area (Å²) in [6.07, 6.45) is 2.97. The molecule has 3 aromatic carbocycles. The molecule has 0 amide bonds. The van der Waals surface area contributed by atoms with Crippen molar-refractivity contribution in [2.24, 2.45) is 0 Å². The summed E-state index contributed by atoms with van der Waals surface area (Å²) in [5, 5.41) is 0. The van der Waals surface area contributed by atoms with E-state index in [9.17, 15) is 14.0 Å². The summed E-state index contributed by atoms with van der Waals surface area (Å²) in [7, 11) is 4.52. The minimum atomic E-state index is -0.726. The van der Waals surface area contributed by atoms with Crippen LogP contribution in [0.25, 0.3) is 6.08 Å². The van der Waals surface area contributed by atoms with Crippen molar-refractivity contribution in [2.75, 3.05) is 21.3 Å². The molecule has 3 aromatic rings. The molecule has 0 fully saturated rings. The molecule has 0 unspecified atom stereocenters. The van der Waals surface area contributed by atoms with Crippen LogP contribution in [0, 0.1) is 5.82 Å². The van der Waals surface area contributed by atoms with Gasteiger partial charge in [0.1, 0.15) is 17.3 Å². The largest absolute Gasteiger partial charge is 0.497 e. The van der Waals surface area contributed by atoms with E-state index in [1.807, 2.05) is 0 Å². The number of hydrogen-bond acceptors (Lipinski definition) is 6. The average Bonchev–Trinajstić information content (AvgIpc) is 2.82. The Hall–Kier alpha value is -4.13. The fourth-order valence-corrected chi connectivity index (χ4v) is 2.88. The van der Waals surface area contributed by atoms with Crippen LogP contribution < -0.4 is 18.9 Å². The minimum absolute atomic E-state index is 0.0284. The third kappa shape index (κ3) is 5.31. The van der Waals surface area contributed by atoms with E-state index >= 15 is 0 Å². The summed E-state index contributed by atoms with van der Waals surface area (Å²) in [5.41, 5.74) is 1.03. The van der Waals surface area contributed by atoms with Crippen LogP contribution in [-0.4, -0.2) is 33.1 Å². The molecule has 0 N–H and O–H groups in total. The van der Waals surface area contributed by atoms with Crippen LogP contribution in [0.4, 0.5) is 4.39 Å². The lowest BCUT2D eigenvalue weighted by Gasteiger charge is -2.10. The fraction of sp³-hybridized carbons (Fsp3) is 0.120. The standard InChI is InChI=1S/C25H21FO6/c1-29-19-10-11-20(23(15-19)32-25(28)17-6-8-18(26)9-7-17)21(27)12-4-16-5-13-22(30-2)24(14-16)31-3/h4-15H,1-3H3/b12-4+.